The topological polar surface area (TPSA) is 94.3 Å². The van der Waals surface area contributed by atoms with Crippen molar-refractivity contribution in [2.24, 2.45) is 0 Å². The van der Waals surface area contributed by atoms with E-state index in [2.05, 4.69) is 25.5 Å². The number of aryl methyl sites for hydroxylation is 1. The van der Waals surface area contributed by atoms with Crippen LogP contribution in [-0.2, 0) is 0 Å². The maximum atomic E-state index is 13.4. The zero-order valence-corrected chi connectivity index (χ0v) is 14.4. The summed E-state index contributed by atoms with van der Waals surface area (Å²) in [6.45, 7) is 1.49. The van der Waals surface area contributed by atoms with Crippen molar-refractivity contribution in [2.75, 3.05) is 5.32 Å². The van der Waals surface area contributed by atoms with Gasteiger partial charge < -0.3 is 10.1 Å². The average molecular weight is 382 g/mol. The molecule has 0 radical (unpaired) electrons. The highest BCUT2D eigenvalue weighted by molar-refractivity contribution is 6.08. The minimum absolute atomic E-state index is 0.142. The van der Waals surface area contributed by atoms with Gasteiger partial charge in [-0.3, -0.25) is 14.2 Å². The summed E-state index contributed by atoms with van der Waals surface area (Å²) >= 11 is 0. The van der Waals surface area contributed by atoms with Crippen molar-refractivity contribution >= 4 is 17.4 Å². The highest BCUT2D eigenvalue weighted by atomic mass is 19.1. The van der Waals surface area contributed by atoms with Gasteiger partial charge in [-0.05, 0) is 25.1 Å². The van der Waals surface area contributed by atoms with E-state index in [9.17, 15) is 13.6 Å². The second-order valence-electron chi connectivity index (χ2n) is 5.81. The van der Waals surface area contributed by atoms with Crippen LogP contribution in [0.4, 0.5) is 14.6 Å². The Morgan fingerprint density at radius 3 is 2.82 bits per heavy atom. The van der Waals surface area contributed by atoms with Crippen LogP contribution in [0.2, 0.25) is 0 Å². The third kappa shape index (κ3) is 3.47. The molecule has 8 nitrogen and oxygen atoms in total. The van der Waals surface area contributed by atoms with Crippen molar-refractivity contribution in [1.29, 1.82) is 0 Å². The summed E-state index contributed by atoms with van der Waals surface area (Å²) < 4.78 is 33.8. The van der Waals surface area contributed by atoms with Crippen molar-refractivity contribution in [2.45, 2.75) is 6.92 Å². The lowest BCUT2D eigenvalue weighted by molar-refractivity contribution is 0.102. The van der Waals surface area contributed by atoms with E-state index in [-0.39, 0.29) is 34.2 Å². The molecule has 0 aliphatic heterocycles. The maximum Gasteiger partial charge on any atom is 0.260 e. The van der Waals surface area contributed by atoms with Crippen LogP contribution in [-0.4, -0.2) is 30.5 Å². The van der Waals surface area contributed by atoms with Gasteiger partial charge in [0.2, 0.25) is 0 Å². The summed E-state index contributed by atoms with van der Waals surface area (Å²) in [7, 11) is 0. The normalized spacial score (nSPS) is 10.8. The minimum Gasteiger partial charge on any atom is -0.454 e. The Hall–Kier alpha value is -3.95. The number of aromatic nitrogens is 5. The Morgan fingerprint density at radius 2 is 2.04 bits per heavy atom. The molecular formula is C18H12F2N6O2. The summed E-state index contributed by atoms with van der Waals surface area (Å²) in [6, 6.07) is 5.15. The lowest BCUT2D eigenvalue weighted by atomic mass is 10.2. The number of halogens is 2. The van der Waals surface area contributed by atoms with Gasteiger partial charge >= 0.3 is 0 Å². The van der Waals surface area contributed by atoms with E-state index in [0.29, 0.717) is 0 Å². The summed E-state index contributed by atoms with van der Waals surface area (Å²) in [6.07, 6.45) is 5.32. The molecule has 0 bridgehead atoms. The van der Waals surface area contributed by atoms with E-state index in [1.54, 1.807) is 0 Å². The number of amides is 1. The molecule has 0 unspecified atom stereocenters. The van der Waals surface area contributed by atoms with Crippen molar-refractivity contribution in [3.63, 3.8) is 0 Å². The molecule has 1 N–H and O–H groups in total. The summed E-state index contributed by atoms with van der Waals surface area (Å²) in [5.41, 5.74) is 0.574. The van der Waals surface area contributed by atoms with Crippen LogP contribution in [0.25, 0.3) is 5.65 Å². The van der Waals surface area contributed by atoms with Crippen LogP contribution in [0.15, 0.2) is 49.2 Å². The predicted molar refractivity (Wildman–Crippen MR) is 94.1 cm³/mol. The zero-order valence-electron chi connectivity index (χ0n) is 14.4. The molecule has 140 valence electrons. The molecule has 0 atom stereocenters. The van der Waals surface area contributed by atoms with Gasteiger partial charge in [-0.1, -0.05) is 0 Å². The Labute approximate surface area is 156 Å². The Balaban J connectivity index is 1.68. The molecular weight excluding hydrogens is 370 g/mol. The van der Waals surface area contributed by atoms with Crippen LogP contribution < -0.4 is 10.1 Å². The van der Waals surface area contributed by atoms with Crippen LogP contribution in [0.5, 0.6) is 11.5 Å². The van der Waals surface area contributed by atoms with Gasteiger partial charge in [0.25, 0.3) is 5.91 Å². The van der Waals surface area contributed by atoms with Crippen LogP contribution in [0, 0.1) is 18.6 Å². The molecule has 10 heteroatoms. The number of ether oxygens (including phenoxy) is 1. The highest BCUT2D eigenvalue weighted by Crippen LogP contribution is 2.24. The van der Waals surface area contributed by atoms with Crippen LogP contribution in [0.3, 0.4) is 0 Å². The van der Waals surface area contributed by atoms with Crippen LogP contribution in [0.1, 0.15) is 16.1 Å². The quantitative estimate of drug-likeness (QED) is 0.583. The predicted octanol–water partition coefficient (Wildman–Crippen LogP) is 3.15. The van der Waals surface area contributed by atoms with E-state index in [1.807, 2.05) is 0 Å². The van der Waals surface area contributed by atoms with E-state index in [0.717, 1.165) is 12.3 Å². The molecule has 0 aliphatic rings. The number of fused-ring (bicyclic) bond motifs is 1. The minimum atomic E-state index is -0.557. The molecule has 4 aromatic heterocycles. The molecule has 0 fully saturated rings. The molecule has 1 amide bonds. The van der Waals surface area contributed by atoms with Gasteiger partial charge in [0.05, 0.1) is 29.8 Å². The number of nitrogens with zero attached hydrogens (tertiary/aromatic N) is 5. The first-order chi connectivity index (χ1) is 13.5. The fraction of sp³-hybridized carbons (Fsp3) is 0.0556. The maximum absolute atomic E-state index is 13.4. The lowest BCUT2D eigenvalue weighted by Gasteiger charge is -2.10. The largest absolute Gasteiger partial charge is 0.454 e. The lowest BCUT2D eigenvalue weighted by Crippen LogP contribution is -2.15. The molecule has 0 saturated carbocycles. The fourth-order valence-corrected chi connectivity index (χ4v) is 2.52. The van der Waals surface area contributed by atoms with Gasteiger partial charge in [-0.25, -0.2) is 13.8 Å². The number of rotatable bonds is 4. The van der Waals surface area contributed by atoms with Crippen molar-refractivity contribution in [1.82, 2.24) is 24.6 Å². The second-order valence-corrected chi connectivity index (χ2v) is 5.81. The molecule has 4 rings (SSSR count). The zero-order chi connectivity index (χ0) is 19.7. The van der Waals surface area contributed by atoms with Gasteiger partial charge in [-0.2, -0.15) is 0 Å². The Bertz CT molecular complexity index is 1190. The summed E-state index contributed by atoms with van der Waals surface area (Å²) in [4.78, 5) is 20.4. The number of carbonyl (C=O) groups is 1. The number of nitrogens with one attached hydrogen (secondary N) is 1. The third-order valence-electron chi connectivity index (χ3n) is 3.79. The fourth-order valence-electron chi connectivity index (χ4n) is 2.52. The first-order valence-electron chi connectivity index (χ1n) is 8.06. The third-order valence-corrected chi connectivity index (χ3v) is 3.79. The molecule has 4 heterocycles. The smallest absolute Gasteiger partial charge is 0.260 e. The van der Waals surface area contributed by atoms with Gasteiger partial charge in [0, 0.05) is 6.07 Å². The summed E-state index contributed by atoms with van der Waals surface area (Å²) in [5.74, 6) is -0.986. The summed E-state index contributed by atoms with van der Waals surface area (Å²) in [5, 5.41) is 10.3. The SMILES string of the molecule is Cc1nc(NC(=O)c2cc(Oc3cncc(F)c3)cn3cnnc23)ccc1F. The second kappa shape index (κ2) is 6.99. The first-order valence-corrected chi connectivity index (χ1v) is 8.06. The molecule has 0 saturated heterocycles. The molecule has 0 aromatic carbocycles. The van der Waals surface area contributed by atoms with E-state index in [4.69, 9.17) is 4.74 Å². The Kier molecular flexibility index (Phi) is 4.36. The van der Waals surface area contributed by atoms with E-state index >= 15 is 0 Å². The monoisotopic (exact) mass is 382 g/mol. The van der Waals surface area contributed by atoms with E-state index in [1.165, 1.54) is 48.2 Å². The van der Waals surface area contributed by atoms with Crippen molar-refractivity contribution in [3.05, 3.63) is 72.1 Å². The number of carbonyl (C=O) groups excluding carboxylic acids is 1. The number of pyridine rings is 3. The average Bonchev–Trinajstić information content (AvgIpc) is 3.12. The Morgan fingerprint density at radius 1 is 1.18 bits per heavy atom. The van der Waals surface area contributed by atoms with Gasteiger partial charge in [-0.15, -0.1) is 10.2 Å². The first kappa shape index (κ1) is 17.5. The van der Waals surface area contributed by atoms with Crippen molar-refractivity contribution in [3.8, 4) is 11.5 Å². The van der Waals surface area contributed by atoms with Crippen molar-refractivity contribution < 1.29 is 18.3 Å². The molecule has 0 spiro atoms. The van der Waals surface area contributed by atoms with Crippen LogP contribution >= 0.6 is 0 Å². The number of hydrogen-bond acceptors (Lipinski definition) is 6. The number of hydrogen-bond donors (Lipinski definition) is 1. The number of anilines is 1. The molecule has 0 aliphatic carbocycles. The van der Waals surface area contributed by atoms with E-state index < -0.39 is 17.5 Å². The standard InChI is InChI=1S/C18H12F2N6O2/c1-10-15(20)2-3-16(23-10)24-18(27)14-5-13(8-26-9-22-25-17(14)26)28-12-4-11(19)6-21-7-12/h2-9H,1H3,(H,23,24,27). The van der Waals surface area contributed by atoms with Gasteiger partial charge in [0.15, 0.2) is 5.65 Å². The highest BCUT2D eigenvalue weighted by Gasteiger charge is 2.16. The molecule has 4 aromatic rings. The van der Waals surface area contributed by atoms with Gasteiger partial charge in [0.1, 0.15) is 35.3 Å². The molecule has 28 heavy (non-hydrogen) atoms.